The fraction of sp³-hybridized carbons (Fsp3) is 0.500. The molecule has 1 fully saturated rings. The van der Waals surface area contributed by atoms with E-state index in [1.807, 2.05) is 39.0 Å². The molecule has 4 rings (SSSR count). The van der Waals surface area contributed by atoms with E-state index in [1.54, 1.807) is 16.2 Å². The van der Waals surface area contributed by atoms with Crippen molar-refractivity contribution < 1.29 is 9.53 Å². The topological polar surface area (TPSA) is 70.1 Å². The van der Waals surface area contributed by atoms with Gasteiger partial charge in [-0.25, -0.2) is 9.78 Å². The smallest absolute Gasteiger partial charge is 0.410 e. The molecule has 7 nitrogen and oxygen atoms in total. The lowest BCUT2D eigenvalue weighted by Crippen LogP contribution is -2.57. The van der Waals surface area contributed by atoms with Crippen LogP contribution in [0.5, 0.6) is 0 Å². The average Bonchev–Trinajstić information content (AvgIpc) is 3.28. The molecule has 0 bridgehead atoms. The van der Waals surface area contributed by atoms with Gasteiger partial charge in [0.05, 0.1) is 24.8 Å². The molecule has 1 N–H and O–H groups in total. The van der Waals surface area contributed by atoms with E-state index in [0.29, 0.717) is 26.2 Å². The highest BCUT2D eigenvalue weighted by Gasteiger charge is 2.36. The molecule has 9 heteroatoms. The lowest BCUT2D eigenvalue weighted by molar-refractivity contribution is 0.0137. The first-order valence-corrected chi connectivity index (χ1v) is 11.2. The van der Waals surface area contributed by atoms with Crippen molar-refractivity contribution in [3.63, 3.8) is 0 Å². The Bertz CT molecular complexity index is 941. The number of guanidine groups is 1. The second-order valence-corrected chi connectivity index (χ2v) is 9.77. The minimum Gasteiger partial charge on any atom is -0.444 e. The molecule has 168 valence electrons. The fourth-order valence-corrected chi connectivity index (χ4v) is 4.69. The molecule has 0 saturated carbocycles. The quantitative estimate of drug-likeness (QED) is 0.578. The molecule has 0 aliphatic carbocycles. The van der Waals surface area contributed by atoms with Gasteiger partial charge < -0.3 is 19.9 Å². The number of halogens is 1. The third-order valence-corrected chi connectivity index (χ3v) is 6.39. The second kappa shape index (κ2) is 9.72. The van der Waals surface area contributed by atoms with Crippen molar-refractivity contribution in [2.24, 2.45) is 4.99 Å². The normalized spacial score (nSPS) is 18.2. The van der Waals surface area contributed by atoms with E-state index < -0.39 is 5.60 Å². The lowest BCUT2D eigenvalue weighted by atomic mass is 10.2. The Morgan fingerprint density at radius 2 is 2.00 bits per heavy atom. The number of aliphatic imine (C=N–C) groups is 1. The highest BCUT2D eigenvalue weighted by Crippen LogP contribution is 2.28. The SMILES string of the molecule is Cc1nc(-c2ccccc2)sc1CNC1=NCC2CN(C(=O)OC(C)(C)C)CCN12.I. The highest BCUT2D eigenvalue weighted by molar-refractivity contribution is 14.0. The van der Waals surface area contributed by atoms with Gasteiger partial charge in [-0.1, -0.05) is 30.3 Å². The molecule has 1 aromatic carbocycles. The summed E-state index contributed by atoms with van der Waals surface area (Å²) in [6.45, 7) is 11.2. The summed E-state index contributed by atoms with van der Waals surface area (Å²) in [6, 6.07) is 10.5. The zero-order valence-electron chi connectivity index (χ0n) is 18.4. The Kier molecular flexibility index (Phi) is 7.46. The van der Waals surface area contributed by atoms with Crippen LogP contribution in [0, 0.1) is 6.92 Å². The molecule has 1 atom stereocenters. The van der Waals surface area contributed by atoms with Crippen LogP contribution in [0.25, 0.3) is 10.6 Å². The summed E-state index contributed by atoms with van der Waals surface area (Å²) in [5, 5.41) is 4.54. The first-order chi connectivity index (χ1) is 14.3. The Balaban J connectivity index is 0.00000272. The number of carbonyl (C=O) groups excluding carboxylic acids is 1. The number of nitrogens with zero attached hydrogens (tertiary/aromatic N) is 4. The van der Waals surface area contributed by atoms with Gasteiger partial charge in [0.25, 0.3) is 0 Å². The molecule has 2 aliphatic rings. The minimum absolute atomic E-state index is 0. The Morgan fingerprint density at radius 1 is 1.26 bits per heavy atom. The maximum Gasteiger partial charge on any atom is 0.410 e. The van der Waals surface area contributed by atoms with Crippen molar-refractivity contribution in [3.8, 4) is 10.6 Å². The third-order valence-electron chi connectivity index (χ3n) is 5.18. The van der Waals surface area contributed by atoms with Crippen molar-refractivity contribution >= 4 is 47.4 Å². The Morgan fingerprint density at radius 3 is 2.71 bits per heavy atom. The monoisotopic (exact) mass is 555 g/mol. The van der Waals surface area contributed by atoms with E-state index in [1.165, 1.54) is 4.88 Å². The number of thiazole rings is 1. The summed E-state index contributed by atoms with van der Waals surface area (Å²) in [4.78, 5) is 27.1. The molecule has 2 aliphatic heterocycles. The van der Waals surface area contributed by atoms with Crippen LogP contribution in [0.3, 0.4) is 0 Å². The highest BCUT2D eigenvalue weighted by atomic mass is 127. The number of benzene rings is 1. The molecular weight excluding hydrogens is 525 g/mol. The Hall–Kier alpha value is -1.88. The van der Waals surface area contributed by atoms with Crippen LogP contribution >= 0.6 is 35.3 Å². The Labute approximate surface area is 204 Å². The molecule has 1 unspecified atom stereocenters. The number of piperazine rings is 1. The number of hydrogen-bond acceptors (Lipinski definition) is 7. The molecular formula is C22H30IN5O2S. The van der Waals surface area contributed by atoms with Crippen molar-refractivity contribution in [3.05, 3.63) is 40.9 Å². The predicted molar refractivity (Wildman–Crippen MR) is 135 cm³/mol. The number of carbonyl (C=O) groups is 1. The lowest BCUT2D eigenvalue weighted by Gasteiger charge is -2.39. The van der Waals surface area contributed by atoms with Crippen LogP contribution in [0.15, 0.2) is 35.3 Å². The van der Waals surface area contributed by atoms with Crippen molar-refractivity contribution in [1.29, 1.82) is 0 Å². The third kappa shape index (κ3) is 5.68. The number of rotatable bonds is 3. The summed E-state index contributed by atoms with van der Waals surface area (Å²) in [6.07, 6.45) is -0.239. The number of ether oxygens (including phenoxy) is 1. The predicted octanol–water partition coefficient (Wildman–Crippen LogP) is 4.12. The molecule has 0 radical (unpaired) electrons. The van der Waals surface area contributed by atoms with Gasteiger partial charge >= 0.3 is 6.09 Å². The number of nitrogens with one attached hydrogen (secondary N) is 1. The number of aryl methyl sites for hydroxylation is 1. The van der Waals surface area contributed by atoms with Crippen LogP contribution in [-0.4, -0.2) is 64.7 Å². The molecule has 1 saturated heterocycles. The maximum atomic E-state index is 12.4. The summed E-state index contributed by atoms with van der Waals surface area (Å²) >= 11 is 1.72. The first kappa shape index (κ1) is 23.8. The molecule has 1 aromatic heterocycles. The van der Waals surface area contributed by atoms with E-state index in [9.17, 15) is 4.79 Å². The van der Waals surface area contributed by atoms with Gasteiger partial charge in [-0.05, 0) is 27.7 Å². The molecule has 3 heterocycles. The molecule has 0 spiro atoms. The summed E-state index contributed by atoms with van der Waals surface area (Å²) < 4.78 is 5.52. The summed E-state index contributed by atoms with van der Waals surface area (Å²) in [5.74, 6) is 0.915. The van der Waals surface area contributed by atoms with Crippen LogP contribution in [-0.2, 0) is 11.3 Å². The molecule has 31 heavy (non-hydrogen) atoms. The van der Waals surface area contributed by atoms with Crippen LogP contribution < -0.4 is 5.32 Å². The van der Waals surface area contributed by atoms with E-state index in [4.69, 9.17) is 14.7 Å². The zero-order chi connectivity index (χ0) is 21.3. The van der Waals surface area contributed by atoms with Crippen LogP contribution in [0.2, 0.25) is 0 Å². The van der Waals surface area contributed by atoms with Gasteiger partial charge in [0, 0.05) is 30.1 Å². The van der Waals surface area contributed by atoms with Crippen molar-refractivity contribution in [1.82, 2.24) is 20.1 Å². The van der Waals surface area contributed by atoms with Crippen LogP contribution in [0.1, 0.15) is 31.3 Å². The van der Waals surface area contributed by atoms with Crippen molar-refractivity contribution in [2.75, 3.05) is 26.2 Å². The number of amides is 1. The van der Waals surface area contributed by atoms with E-state index >= 15 is 0 Å². The molecule has 2 aromatic rings. The second-order valence-electron chi connectivity index (χ2n) is 8.69. The zero-order valence-corrected chi connectivity index (χ0v) is 21.6. The van der Waals surface area contributed by atoms with Gasteiger partial charge in [-0.2, -0.15) is 0 Å². The molecule has 1 amide bonds. The standard InChI is InChI=1S/C22H29N5O2S.HI/c1-15-18(30-19(25-15)16-8-6-5-7-9-16)13-24-20-23-12-17-14-26(10-11-27(17)20)21(28)29-22(2,3)4;/h5-9,17H,10-14H2,1-4H3,(H,23,24);1H. The van der Waals surface area contributed by atoms with E-state index in [0.717, 1.165) is 28.8 Å². The van der Waals surface area contributed by atoms with E-state index in [-0.39, 0.29) is 36.1 Å². The maximum absolute atomic E-state index is 12.4. The number of aromatic nitrogens is 1. The van der Waals surface area contributed by atoms with Gasteiger partial charge in [0.1, 0.15) is 10.6 Å². The van der Waals surface area contributed by atoms with Gasteiger partial charge in [0.15, 0.2) is 5.96 Å². The van der Waals surface area contributed by atoms with E-state index in [2.05, 4.69) is 29.3 Å². The first-order valence-electron chi connectivity index (χ1n) is 10.3. The average molecular weight is 555 g/mol. The van der Waals surface area contributed by atoms with Gasteiger partial charge in [-0.3, -0.25) is 4.99 Å². The fourth-order valence-electron chi connectivity index (χ4n) is 3.68. The largest absolute Gasteiger partial charge is 0.444 e. The number of fused-ring (bicyclic) bond motifs is 1. The van der Waals surface area contributed by atoms with Crippen molar-refractivity contribution in [2.45, 2.75) is 45.9 Å². The minimum atomic E-state index is -0.474. The van der Waals surface area contributed by atoms with Gasteiger partial charge in [0.2, 0.25) is 0 Å². The van der Waals surface area contributed by atoms with Gasteiger partial charge in [-0.15, -0.1) is 35.3 Å². The summed E-state index contributed by atoms with van der Waals surface area (Å²) in [7, 11) is 0. The summed E-state index contributed by atoms with van der Waals surface area (Å²) in [5.41, 5.74) is 1.72. The van der Waals surface area contributed by atoms with Crippen LogP contribution in [0.4, 0.5) is 4.79 Å². The number of hydrogen-bond donors (Lipinski definition) is 1.